The van der Waals surface area contributed by atoms with Crippen LogP contribution >= 0.6 is 7.60 Å². The van der Waals surface area contributed by atoms with Crippen molar-refractivity contribution in [2.75, 3.05) is 13.2 Å². The summed E-state index contributed by atoms with van der Waals surface area (Å²) in [4.78, 5) is 10.9. The Kier molecular flexibility index (Phi) is 3.34. The number of carbonyl (C=O) groups is 1. The lowest BCUT2D eigenvalue weighted by atomic mass is 10.2. The van der Waals surface area contributed by atoms with Gasteiger partial charge in [-0.2, -0.15) is 0 Å². The predicted octanol–water partition coefficient (Wildman–Crippen LogP) is 1.42. The van der Waals surface area contributed by atoms with Gasteiger partial charge >= 0.3 is 13.6 Å². The van der Waals surface area contributed by atoms with Crippen LogP contribution in [-0.2, 0) is 18.4 Å². The number of hydrogen-bond donors (Lipinski definition) is 2. The lowest BCUT2D eigenvalue weighted by Gasteiger charge is -2.37. The molecule has 2 fully saturated rings. The van der Waals surface area contributed by atoms with Crippen LogP contribution in [0.3, 0.4) is 0 Å². The van der Waals surface area contributed by atoms with Crippen LogP contribution in [0.15, 0.2) is 0 Å². The summed E-state index contributed by atoms with van der Waals surface area (Å²) in [7, 11) is -3.26. The molecule has 98 valence electrons. The second-order valence-electron chi connectivity index (χ2n) is 5.04. The molecular formula is C10H18NO5P. The molecule has 2 saturated heterocycles. The minimum atomic E-state index is -3.26. The molecule has 2 atom stereocenters. The number of nitrogens with one attached hydrogen (secondary N) is 1. The molecule has 2 aliphatic rings. The van der Waals surface area contributed by atoms with Gasteiger partial charge < -0.3 is 14.2 Å². The van der Waals surface area contributed by atoms with Crippen LogP contribution in [0.4, 0.5) is 0 Å². The maximum absolute atomic E-state index is 12.6. The van der Waals surface area contributed by atoms with E-state index >= 15 is 0 Å². The largest absolute Gasteiger partial charge is 0.480 e. The zero-order chi connectivity index (χ0) is 12.7. The first-order valence-corrected chi connectivity index (χ1v) is 7.30. The third-order valence-corrected chi connectivity index (χ3v) is 5.91. The smallest absolute Gasteiger partial charge is 0.350 e. The van der Waals surface area contributed by atoms with Crippen LogP contribution in [0.25, 0.3) is 0 Å². The van der Waals surface area contributed by atoms with Crippen molar-refractivity contribution in [1.82, 2.24) is 5.32 Å². The molecular weight excluding hydrogens is 245 g/mol. The van der Waals surface area contributed by atoms with Gasteiger partial charge in [0.05, 0.1) is 13.2 Å². The van der Waals surface area contributed by atoms with Crippen LogP contribution < -0.4 is 5.32 Å². The highest BCUT2D eigenvalue weighted by molar-refractivity contribution is 7.55. The zero-order valence-electron chi connectivity index (χ0n) is 10.0. The highest BCUT2D eigenvalue weighted by atomic mass is 31.2. The third-order valence-electron chi connectivity index (χ3n) is 3.37. The molecule has 2 heterocycles. The van der Waals surface area contributed by atoms with Gasteiger partial charge in [-0.15, -0.1) is 0 Å². The van der Waals surface area contributed by atoms with Crippen molar-refractivity contribution in [2.45, 2.75) is 38.0 Å². The molecule has 0 aromatic carbocycles. The molecule has 0 aliphatic carbocycles. The Bertz CT molecular complexity index is 362. The Morgan fingerprint density at radius 2 is 2.06 bits per heavy atom. The van der Waals surface area contributed by atoms with Crippen molar-refractivity contribution in [2.24, 2.45) is 5.92 Å². The summed E-state index contributed by atoms with van der Waals surface area (Å²) >= 11 is 0. The maximum atomic E-state index is 12.6. The lowest BCUT2D eigenvalue weighted by Crippen LogP contribution is -2.45. The van der Waals surface area contributed by atoms with Crippen molar-refractivity contribution in [3.8, 4) is 0 Å². The van der Waals surface area contributed by atoms with Gasteiger partial charge in [-0.05, 0) is 19.8 Å². The summed E-state index contributed by atoms with van der Waals surface area (Å²) in [5.41, 5.74) is 0. The quantitative estimate of drug-likeness (QED) is 0.733. The zero-order valence-corrected chi connectivity index (χ0v) is 10.9. The van der Waals surface area contributed by atoms with Crippen molar-refractivity contribution < 1.29 is 23.5 Å². The Labute approximate surface area is 100 Å². The maximum Gasteiger partial charge on any atom is 0.350 e. The molecule has 0 amide bonds. The van der Waals surface area contributed by atoms with Gasteiger partial charge in [0.15, 0.2) is 0 Å². The average molecular weight is 263 g/mol. The van der Waals surface area contributed by atoms with E-state index in [-0.39, 0.29) is 5.92 Å². The van der Waals surface area contributed by atoms with Crippen LogP contribution in [0.2, 0.25) is 0 Å². The number of carboxylic acids is 1. The first-order valence-electron chi connectivity index (χ1n) is 5.76. The van der Waals surface area contributed by atoms with E-state index in [9.17, 15) is 9.36 Å². The molecule has 2 unspecified atom stereocenters. The number of carboxylic acid groups (broad SMARTS) is 1. The molecule has 17 heavy (non-hydrogen) atoms. The molecule has 6 nitrogen and oxygen atoms in total. The minimum Gasteiger partial charge on any atom is -0.480 e. The van der Waals surface area contributed by atoms with E-state index in [0.29, 0.717) is 26.1 Å². The van der Waals surface area contributed by atoms with Gasteiger partial charge in [-0.3, -0.25) is 14.7 Å². The van der Waals surface area contributed by atoms with Gasteiger partial charge in [0.2, 0.25) is 0 Å². The van der Waals surface area contributed by atoms with E-state index < -0.39 is 24.9 Å². The molecule has 0 saturated carbocycles. The Morgan fingerprint density at radius 1 is 1.47 bits per heavy atom. The van der Waals surface area contributed by atoms with Crippen molar-refractivity contribution in [3.63, 3.8) is 0 Å². The first-order chi connectivity index (χ1) is 7.86. The van der Waals surface area contributed by atoms with Gasteiger partial charge in [0.1, 0.15) is 11.3 Å². The predicted molar refractivity (Wildman–Crippen MR) is 60.9 cm³/mol. The third kappa shape index (κ3) is 2.27. The lowest BCUT2D eigenvalue weighted by molar-refractivity contribution is -0.139. The van der Waals surface area contributed by atoms with Crippen LogP contribution in [0, 0.1) is 5.92 Å². The summed E-state index contributed by atoms with van der Waals surface area (Å²) in [6.07, 6.45) is 0.924. The molecule has 0 bridgehead atoms. The van der Waals surface area contributed by atoms with Crippen LogP contribution in [-0.4, -0.2) is 35.6 Å². The summed E-state index contributed by atoms with van der Waals surface area (Å²) in [6.45, 7) is 4.46. The monoisotopic (exact) mass is 263 g/mol. The van der Waals surface area contributed by atoms with E-state index in [2.05, 4.69) is 5.32 Å². The van der Waals surface area contributed by atoms with E-state index in [1.165, 1.54) is 0 Å². The molecule has 0 aromatic heterocycles. The highest BCUT2D eigenvalue weighted by Gasteiger charge is 2.54. The summed E-state index contributed by atoms with van der Waals surface area (Å²) in [5.74, 6) is -0.706. The van der Waals surface area contributed by atoms with Gasteiger partial charge in [-0.25, -0.2) is 0 Å². The highest BCUT2D eigenvalue weighted by Crippen LogP contribution is 2.63. The van der Waals surface area contributed by atoms with E-state index in [0.717, 1.165) is 0 Å². The summed E-state index contributed by atoms with van der Waals surface area (Å²) < 4.78 is 23.3. The molecule has 2 aliphatic heterocycles. The van der Waals surface area contributed by atoms with Gasteiger partial charge in [-0.1, -0.05) is 6.92 Å². The van der Waals surface area contributed by atoms with Gasteiger partial charge in [0.25, 0.3) is 0 Å². The Morgan fingerprint density at radius 3 is 2.53 bits per heavy atom. The topological polar surface area (TPSA) is 84.9 Å². The molecule has 2 N–H and O–H groups in total. The number of aliphatic carboxylic acids is 1. The fraction of sp³-hybridized carbons (Fsp3) is 0.900. The van der Waals surface area contributed by atoms with Crippen molar-refractivity contribution in [1.29, 1.82) is 0 Å². The Balaban J connectivity index is 2.11. The van der Waals surface area contributed by atoms with E-state index in [1.807, 2.05) is 6.92 Å². The summed E-state index contributed by atoms with van der Waals surface area (Å²) in [6, 6.07) is -0.669. The molecule has 2 rings (SSSR count). The fourth-order valence-electron chi connectivity index (χ4n) is 2.17. The Hall–Kier alpha value is -0.420. The average Bonchev–Trinajstić information content (AvgIpc) is 2.68. The van der Waals surface area contributed by atoms with E-state index in [1.54, 1.807) is 6.92 Å². The van der Waals surface area contributed by atoms with Crippen molar-refractivity contribution >= 4 is 13.6 Å². The van der Waals surface area contributed by atoms with Crippen molar-refractivity contribution in [3.05, 3.63) is 0 Å². The first kappa shape index (κ1) is 13.0. The molecule has 7 heteroatoms. The van der Waals surface area contributed by atoms with Gasteiger partial charge in [0, 0.05) is 5.92 Å². The fourth-order valence-corrected chi connectivity index (χ4v) is 4.43. The second-order valence-corrected chi connectivity index (χ2v) is 7.54. The van der Waals surface area contributed by atoms with E-state index in [4.69, 9.17) is 14.2 Å². The number of hydrogen-bond acceptors (Lipinski definition) is 5. The minimum absolute atomic E-state index is 0.220. The summed E-state index contributed by atoms with van der Waals surface area (Å²) in [5, 5.41) is 10.9. The second kappa shape index (κ2) is 4.35. The standard InChI is InChI=1S/C10H18NO5P/c1-7-5-15-17(14,16-6-7)10(2)4-3-8(11-10)9(12)13/h7-8,11H,3-6H2,1-2H3,(H,12,13). The number of rotatable bonds is 2. The SMILES string of the molecule is CC1COP(=O)(C2(C)CCC(C(=O)O)N2)OC1. The normalized spacial score (nSPS) is 46.9. The van der Waals surface area contributed by atoms with Crippen LogP contribution in [0.5, 0.6) is 0 Å². The molecule has 0 radical (unpaired) electrons. The molecule has 0 spiro atoms. The van der Waals surface area contributed by atoms with Crippen LogP contribution in [0.1, 0.15) is 26.7 Å². The molecule has 0 aromatic rings.